The zero-order chi connectivity index (χ0) is 9.98. The van der Waals surface area contributed by atoms with E-state index in [4.69, 9.17) is 5.11 Å². The SMILES string of the molecule is C=C.CCOC(=O)/C=C/C(=O)O. The van der Waals surface area contributed by atoms with E-state index in [1.54, 1.807) is 6.92 Å². The predicted molar refractivity (Wildman–Crippen MR) is 44.7 cm³/mol. The summed E-state index contributed by atoms with van der Waals surface area (Å²) >= 11 is 0. The van der Waals surface area contributed by atoms with Gasteiger partial charge in [0, 0.05) is 12.2 Å². The molecule has 0 rings (SSSR count). The van der Waals surface area contributed by atoms with Gasteiger partial charge in [-0.2, -0.15) is 0 Å². The number of esters is 1. The van der Waals surface area contributed by atoms with E-state index < -0.39 is 11.9 Å². The third-order valence-electron chi connectivity index (χ3n) is 0.649. The Balaban J connectivity index is 0. The van der Waals surface area contributed by atoms with Crippen LogP contribution in [0.2, 0.25) is 0 Å². The zero-order valence-electron chi connectivity index (χ0n) is 6.95. The molecule has 0 atom stereocenters. The number of carbonyl (C=O) groups excluding carboxylic acids is 1. The van der Waals surface area contributed by atoms with Crippen molar-refractivity contribution < 1.29 is 19.4 Å². The van der Waals surface area contributed by atoms with Gasteiger partial charge in [0.25, 0.3) is 0 Å². The van der Waals surface area contributed by atoms with Crippen LogP contribution in [-0.2, 0) is 14.3 Å². The topological polar surface area (TPSA) is 63.6 Å². The van der Waals surface area contributed by atoms with Crippen LogP contribution in [-0.4, -0.2) is 23.7 Å². The highest BCUT2D eigenvalue weighted by atomic mass is 16.5. The molecule has 0 aliphatic rings. The molecule has 0 unspecified atom stereocenters. The maximum Gasteiger partial charge on any atom is 0.330 e. The molecular formula is C8H12O4. The molecule has 0 aromatic heterocycles. The van der Waals surface area contributed by atoms with Gasteiger partial charge in [0.2, 0.25) is 0 Å². The normalized spacial score (nSPS) is 8.42. The molecule has 0 radical (unpaired) electrons. The summed E-state index contributed by atoms with van der Waals surface area (Å²) in [5.41, 5.74) is 0. The van der Waals surface area contributed by atoms with Crippen molar-refractivity contribution in [1.82, 2.24) is 0 Å². The minimum Gasteiger partial charge on any atom is -0.478 e. The van der Waals surface area contributed by atoms with Gasteiger partial charge in [-0.3, -0.25) is 0 Å². The minimum absolute atomic E-state index is 0.253. The van der Waals surface area contributed by atoms with E-state index in [0.717, 1.165) is 12.2 Å². The summed E-state index contributed by atoms with van der Waals surface area (Å²) in [6.45, 7) is 7.90. The average Bonchev–Trinajstić information content (AvgIpc) is 2.05. The second kappa shape index (κ2) is 9.42. The summed E-state index contributed by atoms with van der Waals surface area (Å²) in [6, 6.07) is 0. The molecule has 0 aliphatic carbocycles. The summed E-state index contributed by atoms with van der Waals surface area (Å²) in [5, 5.41) is 8.04. The molecule has 0 heterocycles. The molecule has 0 bridgehead atoms. The van der Waals surface area contributed by atoms with Gasteiger partial charge in [0.15, 0.2) is 0 Å². The van der Waals surface area contributed by atoms with Crippen molar-refractivity contribution in [2.24, 2.45) is 0 Å². The lowest BCUT2D eigenvalue weighted by molar-refractivity contribution is -0.138. The highest BCUT2D eigenvalue weighted by molar-refractivity contribution is 5.90. The van der Waals surface area contributed by atoms with Crippen molar-refractivity contribution >= 4 is 11.9 Å². The van der Waals surface area contributed by atoms with Crippen molar-refractivity contribution in [3.05, 3.63) is 25.3 Å². The lowest BCUT2D eigenvalue weighted by Crippen LogP contribution is -2.00. The fraction of sp³-hybridized carbons (Fsp3) is 0.250. The molecule has 0 aromatic carbocycles. The van der Waals surface area contributed by atoms with Crippen LogP contribution in [0, 0.1) is 0 Å². The second-order valence-corrected chi connectivity index (χ2v) is 1.42. The third-order valence-corrected chi connectivity index (χ3v) is 0.649. The maximum atomic E-state index is 10.4. The highest BCUT2D eigenvalue weighted by Gasteiger charge is 1.94. The van der Waals surface area contributed by atoms with Crippen molar-refractivity contribution in [3.63, 3.8) is 0 Å². The number of aliphatic carboxylic acids is 1. The predicted octanol–water partition coefficient (Wildman–Crippen LogP) is 0.992. The molecule has 1 N–H and O–H groups in total. The fourth-order valence-corrected chi connectivity index (χ4v) is 0.330. The molecule has 0 aliphatic heterocycles. The summed E-state index contributed by atoms with van der Waals surface area (Å²) in [6.07, 6.45) is 1.60. The Labute approximate surface area is 71.2 Å². The molecule has 0 spiro atoms. The van der Waals surface area contributed by atoms with Gasteiger partial charge >= 0.3 is 11.9 Å². The Morgan fingerprint density at radius 1 is 1.42 bits per heavy atom. The van der Waals surface area contributed by atoms with E-state index in [1.807, 2.05) is 0 Å². The molecule has 12 heavy (non-hydrogen) atoms. The number of ether oxygens (including phenoxy) is 1. The van der Waals surface area contributed by atoms with Crippen LogP contribution >= 0.6 is 0 Å². The zero-order valence-corrected chi connectivity index (χ0v) is 6.95. The molecule has 0 aromatic rings. The minimum atomic E-state index is -1.16. The Bertz CT molecular complexity index is 172. The number of carboxylic acids is 1. The smallest absolute Gasteiger partial charge is 0.330 e. The number of hydrogen-bond acceptors (Lipinski definition) is 3. The fourth-order valence-electron chi connectivity index (χ4n) is 0.330. The highest BCUT2D eigenvalue weighted by Crippen LogP contribution is 1.80. The monoisotopic (exact) mass is 172 g/mol. The molecular weight excluding hydrogens is 160 g/mol. The van der Waals surface area contributed by atoms with Crippen LogP contribution in [0.1, 0.15) is 6.92 Å². The Morgan fingerprint density at radius 3 is 2.25 bits per heavy atom. The summed E-state index contributed by atoms with van der Waals surface area (Å²) < 4.78 is 4.40. The van der Waals surface area contributed by atoms with E-state index in [-0.39, 0.29) is 6.61 Å². The lowest BCUT2D eigenvalue weighted by Gasteiger charge is -1.92. The molecule has 0 saturated carbocycles. The number of hydrogen-bond donors (Lipinski definition) is 1. The molecule has 0 amide bonds. The van der Waals surface area contributed by atoms with E-state index in [9.17, 15) is 9.59 Å². The van der Waals surface area contributed by atoms with Gasteiger partial charge in [0.05, 0.1) is 6.61 Å². The number of carboxylic acid groups (broad SMARTS) is 1. The van der Waals surface area contributed by atoms with Gasteiger partial charge in [-0.05, 0) is 6.92 Å². The van der Waals surface area contributed by atoms with Crippen LogP contribution in [0.15, 0.2) is 25.3 Å². The molecule has 4 nitrogen and oxygen atoms in total. The van der Waals surface area contributed by atoms with E-state index >= 15 is 0 Å². The first-order valence-electron chi connectivity index (χ1n) is 3.24. The molecule has 0 fully saturated rings. The van der Waals surface area contributed by atoms with Crippen LogP contribution in [0.5, 0.6) is 0 Å². The van der Waals surface area contributed by atoms with E-state index in [0.29, 0.717) is 0 Å². The standard InChI is InChI=1S/C6H8O4.C2H4/c1-2-10-6(9)4-3-5(7)8;1-2/h3-4H,2H2,1H3,(H,7,8);1-2H2/b4-3+;. The van der Waals surface area contributed by atoms with Crippen molar-refractivity contribution in [2.75, 3.05) is 6.61 Å². The van der Waals surface area contributed by atoms with Gasteiger partial charge in [-0.1, -0.05) is 0 Å². The van der Waals surface area contributed by atoms with Gasteiger partial charge in [-0.15, -0.1) is 13.2 Å². The van der Waals surface area contributed by atoms with Crippen LogP contribution in [0.4, 0.5) is 0 Å². The van der Waals surface area contributed by atoms with E-state index in [1.165, 1.54) is 0 Å². The van der Waals surface area contributed by atoms with Crippen molar-refractivity contribution in [3.8, 4) is 0 Å². The third kappa shape index (κ3) is 11.2. The molecule has 0 saturated heterocycles. The van der Waals surface area contributed by atoms with Crippen molar-refractivity contribution in [2.45, 2.75) is 6.92 Å². The van der Waals surface area contributed by atoms with Gasteiger partial charge in [-0.25, -0.2) is 9.59 Å². The average molecular weight is 172 g/mol. The van der Waals surface area contributed by atoms with Crippen LogP contribution in [0.3, 0.4) is 0 Å². The Morgan fingerprint density at radius 2 is 1.92 bits per heavy atom. The first-order valence-corrected chi connectivity index (χ1v) is 3.24. The summed E-state index contributed by atoms with van der Waals surface area (Å²) in [5.74, 6) is -1.79. The Hall–Kier alpha value is -1.58. The molecule has 4 heteroatoms. The largest absolute Gasteiger partial charge is 0.478 e. The lowest BCUT2D eigenvalue weighted by atomic mass is 10.5. The first-order chi connectivity index (χ1) is 5.66. The summed E-state index contributed by atoms with van der Waals surface area (Å²) in [7, 11) is 0. The van der Waals surface area contributed by atoms with E-state index in [2.05, 4.69) is 17.9 Å². The number of carbonyl (C=O) groups is 2. The Kier molecular flexibility index (Phi) is 10.2. The quantitative estimate of drug-likeness (QED) is 0.391. The summed E-state index contributed by atoms with van der Waals surface area (Å²) in [4.78, 5) is 20.2. The van der Waals surface area contributed by atoms with Gasteiger partial charge in [0.1, 0.15) is 0 Å². The van der Waals surface area contributed by atoms with Gasteiger partial charge < -0.3 is 9.84 Å². The maximum absolute atomic E-state index is 10.4. The van der Waals surface area contributed by atoms with Crippen molar-refractivity contribution in [1.29, 1.82) is 0 Å². The van der Waals surface area contributed by atoms with Crippen LogP contribution < -0.4 is 0 Å². The van der Waals surface area contributed by atoms with Crippen LogP contribution in [0.25, 0.3) is 0 Å². The number of rotatable bonds is 3. The molecule has 68 valence electrons. The first kappa shape index (κ1) is 13.0. The second-order valence-electron chi connectivity index (χ2n) is 1.42.